The minimum absolute atomic E-state index is 0.158. The molecule has 0 bridgehead atoms. The van der Waals surface area contributed by atoms with Crippen molar-refractivity contribution in [3.05, 3.63) is 24.3 Å². The number of nitrogens with zero attached hydrogens (tertiary/aromatic N) is 3. The third kappa shape index (κ3) is 4.48. The van der Waals surface area contributed by atoms with Crippen molar-refractivity contribution in [3.63, 3.8) is 0 Å². The van der Waals surface area contributed by atoms with Gasteiger partial charge in [0.05, 0.1) is 12.8 Å². The zero-order valence-corrected chi connectivity index (χ0v) is 14.4. The fraction of sp³-hybridized carbons (Fsp3) is 0.471. The number of para-hydroxylation sites is 2. The van der Waals surface area contributed by atoms with E-state index in [1.54, 1.807) is 7.11 Å². The lowest BCUT2D eigenvalue weighted by molar-refractivity contribution is -0.154. The number of benzene rings is 1. The van der Waals surface area contributed by atoms with Crippen molar-refractivity contribution in [1.29, 1.82) is 0 Å². The monoisotopic (exact) mass is 348 g/mol. The largest absolute Gasteiger partial charge is 0.495 e. The first-order valence-electron chi connectivity index (χ1n) is 8.25. The average molecular weight is 348 g/mol. The van der Waals surface area contributed by atoms with Gasteiger partial charge in [0.15, 0.2) is 0 Å². The maximum atomic E-state index is 12.3. The molecule has 0 aliphatic carbocycles. The van der Waals surface area contributed by atoms with Crippen LogP contribution in [0.15, 0.2) is 24.3 Å². The zero-order chi connectivity index (χ0) is 18.2. The molecule has 1 aromatic carbocycles. The van der Waals surface area contributed by atoms with E-state index in [-0.39, 0.29) is 6.54 Å². The lowest BCUT2D eigenvalue weighted by atomic mass is 10.2. The van der Waals surface area contributed by atoms with Gasteiger partial charge >= 0.3 is 11.8 Å². The molecule has 0 radical (unpaired) electrons. The number of hydrogen-bond donors (Lipinski definition) is 1. The van der Waals surface area contributed by atoms with Crippen molar-refractivity contribution in [2.75, 3.05) is 51.3 Å². The predicted molar refractivity (Wildman–Crippen MR) is 93.2 cm³/mol. The van der Waals surface area contributed by atoms with E-state index >= 15 is 0 Å². The average Bonchev–Trinajstić information content (AvgIpc) is 2.67. The first-order chi connectivity index (χ1) is 12.1. The molecule has 1 saturated heterocycles. The molecule has 2 rings (SSSR count). The van der Waals surface area contributed by atoms with E-state index in [0.29, 0.717) is 45.6 Å². The molecule has 0 aromatic heterocycles. The lowest BCUT2D eigenvalue weighted by Crippen LogP contribution is -2.53. The maximum absolute atomic E-state index is 12.3. The fourth-order valence-corrected chi connectivity index (χ4v) is 2.76. The van der Waals surface area contributed by atoms with E-state index in [4.69, 9.17) is 10.5 Å². The molecule has 0 spiro atoms. The predicted octanol–water partition coefficient (Wildman–Crippen LogP) is -0.322. The van der Waals surface area contributed by atoms with Crippen LogP contribution in [0.25, 0.3) is 0 Å². The number of carbonyl (C=O) groups excluding carboxylic acids is 3. The van der Waals surface area contributed by atoms with Gasteiger partial charge < -0.3 is 20.3 Å². The van der Waals surface area contributed by atoms with E-state index in [1.807, 2.05) is 24.3 Å². The number of ether oxygens (including phenoxy) is 1. The van der Waals surface area contributed by atoms with E-state index in [2.05, 4.69) is 4.90 Å². The summed E-state index contributed by atoms with van der Waals surface area (Å²) in [5.41, 5.74) is 6.34. The van der Waals surface area contributed by atoms with Crippen LogP contribution < -0.4 is 15.4 Å². The Morgan fingerprint density at radius 3 is 2.52 bits per heavy atom. The molecule has 1 heterocycles. The van der Waals surface area contributed by atoms with Crippen LogP contribution in [0.3, 0.4) is 0 Å². The summed E-state index contributed by atoms with van der Waals surface area (Å²) in [6, 6.07) is 7.67. The van der Waals surface area contributed by atoms with E-state index < -0.39 is 11.8 Å². The molecular formula is C17H24N4O4. The van der Waals surface area contributed by atoms with Crippen LogP contribution in [0.4, 0.5) is 5.69 Å². The molecular weight excluding hydrogens is 324 g/mol. The van der Waals surface area contributed by atoms with E-state index in [1.165, 1.54) is 4.90 Å². The summed E-state index contributed by atoms with van der Waals surface area (Å²) < 4.78 is 5.36. The Morgan fingerprint density at radius 1 is 1.24 bits per heavy atom. The number of carbonyl (C=O) groups is 3. The first-order valence-corrected chi connectivity index (χ1v) is 8.25. The Kier molecular flexibility index (Phi) is 6.76. The minimum atomic E-state index is -0.797. The summed E-state index contributed by atoms with van der Waals surface area (Å²) in [5, 5.41) is 0. The van der Waals surface area contributed by atoms with Crippen molar-refractivity contribution in [2.45, 2.75) is 6.42 Å². The molecule has 8 nitrogen and oxygen atoms in total. The fourth-order valence-electron chi connectivity index (χ4n) is 2.76. The second kappa shape index (κ2) is 9.03. The van der Waals surface area contributed by atoms with Gasteiger partial charge in [-0.3, -0.25) is 19.3 Å². The van der Waals surface area contributed by atoms with Gasteiger partial charge in [-0.1, -0.05) is 12.1 Å². The minimum Gasteiger partial charge on any atom is -0.495 e. The first kappa shape index (κ1) is 18.7. The van der Waals surface area contributed by atoms with Gasteiger partial charge in [-0.2, -0.15) is 0 Å². The third-order valence-electron chi connectivity index (χ3n) is 4.17. The molecule has 136 valence electrons. The SMILES string of the molecule is COc1ccccc1N1CCN(C(=O)C(=O)N(C=O)CCCN)CC1. The van der Waals surface area contributed by atoms with E-state index in [0.717, 1.165) is 16.3 Å². The van der Waals surface area contributed by atoms with Gasteiger partial charge in [0.25, 0.3) is 0 Å². The molecule has 0 unspecified atom stereocenters. The highest BCUT2D eigenvalue weighted by Gasteiger charge is 2.29. The highest BCUT2D eigenvalue weighted by atomic mass is 16.5. The van der Waals surface area contributed by atoms with Crippen LogP contribution in [0.1, 0.15) is 6.42 Å². The maximum Gasteiger partial charge on any atom is 0.318 e. The number of nitrogens with two attached hydrogens (primary N) is 1. The van der Waals surface area contributed by atoms with Crippen LogP contribution in [0, 0.1) is 0 Å². The quantitative estimate of drug-likeness (QED) is 0.559. The Hall–Kier alpha value is -2.61. The normalized spacial score (nSPS) is 14.2. The van der Waals surface area contributed by atoms with Crippen LogP contribution in [-0.2, 0) is 14.4 Å². The molecule has 1 aliphatic rings. The summed E-state index contributed by atoms with van der Waals surface area (Å²) in [6.45, 7) is 2.50. The summed E-state index contributed by atoms with van der Waals surface area (Å²) in [6.07, 6.45) is 0.861. The highest BCUT2D eigenvalue weighted by Crippen LogP contribution is 2.28. The standard InChI is InChI=1S/C17H24N4O4/c1-25-15-6-3-2-5-14(15)19-9-11-20(12-10-19)16(23)17(24)21(13-22)8-4-7-18/h2-3,5-6,13H,4,7-12,18H2,1H3. The Labute approximate surface area is 147 Å². The molecule has 3 amide bonds. The molecule has 25 heavy (non-hydrogen) atoms. The van der Waals surface area contributed by atoms with Crippen molar-refractivity contribution >= 4 is 23.9 Å². The van der Waals surface area contributed by atoms with Crippen molar-refractivity contribution in [1.82, 2.24) is 9.80 Å². The molecule has 0 saturated carbocycles. The van der Waals surface area contributed by atoms with Gasteiger partial charge in [-0.15, -0.1) is 0 Å². The Bertz CT molecular complexity index is 614. The second-order valence-corrected chi connectivity index (χ2v) is 5.70. The number of imide groups is 1. The number of hydrogen-bond acceptors (Lipinski definition) is 6. The van der Waals surface area contributed by atoms with E-state index in [9.17, 15) is 14.4 Å². The lowest BCUT2D eigenvalue weighted by Gasteiger charge is -2.36. The number of methoxy groups -OCH3 is 1. The third-order valence-corrected chi connectivity index (χ3v) is 4.17. The molecule has 2 N–H and O–H groups in total. The van der Waals surface area contributed by atoms with Crippen LogP contribution in [0.5, 0.6) is 5.75 Å². The topological polar surface area (TPSA) is 96.2 Å². The number of amides is 3. The number of anilines is 1. The number of rotatable bonds is 6. The molecule has 1 aromatic rings. The van der Waals surface area contributed by atoms with Crippen molar-refractivity contribution in [3.8, 4) is 5.75 Å². The molecule has 8 heteroatoms. The summed E-state index contributed by atoms with van der Waals surface area (Å²) in [7, 11) is 1.62. The molecule has 1 fully saturated rings. The van der Waals surface area contributed by atoms with Crippen molar-refractivity contribution < 1.29 is 19.1 Å². The van der Waals surface area contributed by atoms with Gasteiger partial charge in [-0.25, -0.2) is 0 Å². The Balaban J connectivity index is 1.95. The highest BCUT2D eigenvalue weighted by molar-refractivity contribution is 6.36. The summed E-state index contributed by atoms with van der Waals surface area (Å²) in [4.78, 5) is 40.0. The summed E-state index contributed by atoms with van der Waals surface area (Å²) >= 11 is 0. The number of piperazine rings is 1. The van der Waals surface area contributed by atoms with Crippen molar-refractivity contribution in [2.24, 2.45) is 5.73 Å². The van der Waals surface area contributed by atoms with Gasteiger partial charge in [0.2, 0.25) is 6.41 Å². The van der Waals surface area contributed by atoms with Gasteiger partial charge in [0.1, 0.15) is 5.75 Å². The second-order valence-electron chi connectivity index (χ2n) is 5.70. The van der Waals surface area contributed by atoms with Gasteiger partial charge in [0, 0.05) is 32.7 Å². The summed E-state index contributed by atoms with van der Waals surface area (Å²) in [5.74, 6) is -0.676. The van der Waals surface area contributed by atoms with Crippen LogP contribution in [0.2, 0.25) is 0 Å². The molecule has 0 atom stereocenters. The Morgan fingerprint density at radius 2 is 1.92 bits per heavy atom. The smallest absolute Gasteiger partial charge is 0.318 e. The van der Waals surface area contributed by atoms with Gasteiger partial charge in [-0.05, 0) is 25.1 Å². The van der Waals surface area contributed by atoms with Crippen LogP contribution >= 0.6 is 0 Å². The molecule has 1 aliphatic heterocycles. The zero-order valence-electron chi connectivity index (χ0n) is 14.4. The van der Waals surface area contributed by atoms with Crippen LogP contribution in [-0.4, -0.2) is 74.4 Å².